The molecule has 0 aromatic heterocycles. The van der Waals surface area contributed by atoms with E-state index in [9.17, 15) is 5.11 Å². The largest absolute Gasteiger partial charge is 0.372 e. The van der Waals surface area contributed by atoms with E-state index in [1.165, 1.54) is 0 Å². The molecule has 1 fully saturated rings. The fraction of sp³-hybridized carbons (Fsp3) is 0.750. The molecule has 2 nitrogen and oxygen atoms in total. The van der Waals surface area contributed by atoms with Gasteiger partial charge in [-0.2, -0.15) is 11.8 Å². The monoisotopic (exact) mass is 173 g/mol. The van der Waals surface area contributed by atoms with E-state index in [0.29, 0.717) is 0 Å². The third-order valence-corrected chi connectivity index (χ3v) is 2.98. The summed E-state index contributed by atoms with van der Waals surface area (Å²) in [5.41, 5.74) is -0.805. The number of aliphatic hydroxyl groups is 1. The first kappa shape index (κ1) is 9.10. The number of nitrogens with zero attached hydrogens (tertiary/aromatic N) is 1. The lowest BCUT2D eigenvalue weighted by Crippen LogP contribution is -2.48. The van der Waals surface area contributed by atoms with Gasteiger partial charge in [0.15, 0.2) is 0 Å². The van der Waals surface area contributed by atoms with Crippen molar-refractivity contribution in [3.05, 3.63) is 12.7 Å². The minimum atomic E-state index is -0.805. The van der Waals surface area contributed by atoms with Crippen LogP contribution < -0.4 is 0 Å². The first-order chi connectivity index (χ1) is 5.17. The molecule has 0 aromatic rings. The van der Waals surface area contributed by atoms with Crippen molar-refractivity contribution < 1.29 is 5.11 Å². The summed E-state index contributed by atoms with van der Waals surface area (Å²) in [6.07, 6.45) is 1.60. The second-order valence-electron chi connectivity index (χ2n) is 2.90. The number of rotatable bonds is 2. The van der Waals surface area contributed by atoms with E-state index in [-0.39, 0.29) is 0 Å². The highest BCUT2D eigenvalue weighted by Gasteiger charge is 2.26. The van der Waals surface area contributed by atoms with Crippen molar-refractivity contribution in [3.63, 3.8) is 0 Å². The van der Waals surface area contributed by atoms with Gasteiger partial charge in [-0.3, -0.25) is 4.90 Å². The van der Waals surface area contributed by atoms with Crippen LogP contribution in [-0.2, 0) is 0 Å². The molecule has 1 aliphatic rings. The average Bonchev–Trinajstić information content (AvgIpc) is 2.06. The molecule has 1 unspecified atom stereocenters. The van der Waals surface area contributed by atoms with Crippen molar-refractivity contribution in [3.8, 4) is 0 Å². The second-order valence-corrected chi connectivity index (χ2v) is 4.12. The van der Waals surface area contributed by atoms with Crippen LogP contribution >= 0.6 is 11.8 Å². The third-order valence-electron chi connectivity index (χ3n) is 2.04. The molecular weight excluding hydrogens is 158 g/mol. The highest BCUT2D eigenvalue weighted by Crippen LogP contribution is 2.18. The zero-order valence-corrected chi connectivity index (χ0v) is 7.73. The molecule has 0 aromatic carbocycles. The lowest BCUT2D eigenvalue weighted by Gasteiger charge is -2.36. The van der Waals surface area contributed by atoms with Crippen LogP contribution in [0.3, 0.4) is 0 Å². The standard InChI is InChI=1S/C8H15NOS/c1-3-8(2,10)9-4-6-11-7-5-9/h3,10H,1,4-7H2,2H3. The fourth-order valence-corrected chi connectivity index (χ4v) is 2.05. The second kappa shape index (κ2) is 3.61. The van der Waals surface area contributed by atoms with Gasteiger partial charge in [-0.25, -0.2) is 0 Å². The zero-order chi connectivity index (χ0) is 8.32. The lowest BCUT2D eigenvalue weighted by molar-refractivity contribution is -0.0465. The minimum Gasteiger partial charge on any atom is -0.372 e. The van der Waals surface area contributed by atoms with E-state index in [2.05, 4.69) is 11.5 Å². The summed E-state index contributed by atoms with van der Waals surface area (Å²) >= 11 is 1.94. The molecule has 1 heterocycles. The van der Waals surface area contributed by atoms with Gasteiger partial charge < -0.3 is 5.11 Å². The summed E-state index contributed by atoms with van der Waals surface area (Å²) in [6, 6.07) is 0. The van der Waals surface area contributed by atoms with Gasteiger partial charge in [-0.1, -0.05) is 6.58 Å². The van der Waals surface area contributed by atoms with Gasteiger partial charge in [0.05, 0.1) is 0 Å². The summed E-state index contributed by atoms with van der Waals surface area (Å²) in [7, 11) is 0. The van der Waals surface area contributed by atoms with Gasteiger partial charge in [0, 0.05) is 24.6 Å². The van der Waals surface area contributed by atoms with Gasteiger partial charge in [-0.05, 0) is 13.0 Å². The van der Waals surface area contributed by atoms with Crippen molar-refractivity contribution in [1.82, 2.24) is 4.90 Å². The van der Waals surface area contributed by atoms with Crippen LogP contribution in [0.4, 0.5) is 0 Å². The van der Waals surface area contributed by atoms with Crippen LogP contribution in [0.5, 0.6) is 0 Å². The Morgan fingerprint density at radius 3 is 2.55 bits per heavy atom. The predicted octanol–water partition coefficient (Wildman–Crippen LogP) is 0.930. The van der Waals surface area contributed by atoms with E-state index >= 15 is 0 Å². The van der Waals surface area contributed by atoms with E-state index in [1.54, 1.807) is 13.0 Å². The van der Waals surface area contributed by atoms with Gasteiger partial charge in [0.1, 0.15) is 5.72 Å². The maximum atomic E-state index is 9.75. The smallest absolute Gasteiger partial charge is 0.134 e. The molecule has 0 radical (unpaired) electrons. The normalized spacial score (nSPS) is 26.0. The minimum absolute atomic E-state index is 0.805. The summed E-state index contributed by atoms with van der Waals surface area (Å²) in [6.45, 7) is 7.32. The molecule has 64 valence electrons. The van der Waals surface area contributed by atoms with E-state index < -0.39 is 5.72 Å². The Balaban J connectivity index is 2.50. The topological polar surface area (TPSA) is 23.5 Å². The molecular formula is C8H15NOS. The van der Waals surface area contributed by atoms with Crippen LogP contribution in [0.25, 0.3) is 0 Å². The molecule has 0 amide bonds. The van der Waals surface area contributed by atoms with Crippen molar-refractivity contribution in [2.45, 2.75) is 12.6 Å². The highest BCUT2D eigenvalue weighted by atomic mass is 32.2. The Morgan fingerprint density at radius 2 is 2.09 bits per heavy atom. The summed E-state index contributed by atoms with van der Waals surface area (Å²) in [5.74, 6) is 2.23. The quantitative estimate of drug-likeness (QED) is 0.628. The van der Waals surface area contributed by atoms with E-state index in [1.807, 2.05) is 11.8 Å². The average molecular weight is 173 g/mol. The Bertz CT molecular complexity index is 141. The molecule has 0 bridgehead atoms. The molecule has 3 heteroatoms. The number of hydrogen-bond donors (Lipinski definition) is 1. The Kier molecular flexibility index (Phi) is 2.98. The van der Waals surface area contributed by atoms with Crippen LogP contribution in [-0.4, -0.2) is 40.3 Å². The van der Waals surface area contributed by atoms with Crippen LogP contribution in [0.15, 0.2) is 12.7 Å². The first-order valence-electron chi connectivity index (χ1n) is 3.85. The van der Waals surface area contributed by atoms with Crippen LogP contribution in [0, 0.1) is 0 Å². The molecule has 1 rings (SSSR count). The molecule has 1 N–H and O–H groups in total. The molecule has 0 spiro atoms. The van der Waals surface area contributed by atoms with Crippen LogP contribution in [0.2, 0.25) is 0 Å². The molecule has 1 saturated heterocycles. The van der Waals surface area contributed by atoms with E-state index in [4.69, 9.17) is 0 Å². The highest BCUT2D eigenvalue weighted by molar-refractivity contribution is 7.99. The van der Waals surface area contributed by atoms with Gasteiger partial charge in [0.25, 0.3) is 0 Å². The Labute approximate surface area is 72.3 Å². The van der Waals surface area contributed by atoms with Gasteiger partial charge >= 0.3 is 0 Å². The molecule has 0 aliphatic carbocycles. The maximum Gasteiger partial charge on any atom is 0.134 e. The van der Waals surface area contributed by atoms with Gasteiger partial charge in [0.2, 0.25) is 0 Å². The van der Waals surface area contributed by atoms with E-state index in [0.717, 1.165) is 24.6 Å². The molecule has 11 heavy (non-hydrogen) atoms. The summed E-state index contributed by atoms with van der Waals surface area (Å²) in [4.78, 5) is 2.05. The molecule has 1 atom stereocenters. The Morgan fingerprint density at radius 1 is 1.55 bits per heavy atom. The van der Waals surface area contributed by atoms with Gasteiger partial charge in [-0.15, -0.1) is 0 Å². The first-order valence-corrected chi connectivity index (χ1v) is 5.01. The summed E-state index contributed by atoms with van der Waals surface area (Å²) < 4.78 is 0. The number of thioether (sulfide) groups is 1. The Hall–Kier alpha value is 0.0100. The van der Waals surface area contributed by atoms with Crippen LogP contribution in [0.1, 0.15) is 6.92 Å². The SMILES string of the molecule is C=CC(C)(O)N1CCSCC1. The number of hydrogen-bond acceptors (Lipinski definition) is 3. The predicted molar refractivity (Wildman–Crippen MR) is 49.7 cm³/mol. The molecule has 1 aliphatic heterocycles. The van der Waals surface area contributed by atoms with Crippen molar-refractivity contribution >= 4 is 11.8 Å². The summed E-state index contributed by atoms with van der Waals surface area (Å²) in [5, 5.41) is 9.75. The third kappa shape index (κ3) is 2.22. The zero-order valence-electron chi connectivity index (χ0n) is 6.92. The van der Waals surface area contributed by atoms with Crippen molar-refractivity contribution in [1.29, 1.82) is 0 Å². The van der Waals surface area contributed by atoms with Crippen molar-refractivity contribution in [2.75, 3.05) is 24.6 Å². The molecule has 0 saturated carbocycles. The maximum absolute atomic E-state index is 9.75. The fourth-order valence-electron chi connectivity index (χ4n) is 1.15. The lowest BCUT2D eigenvalue weighted by atomic mass is 10.2. The van der Waals surface area contributed by atoms with Crippen molar-refractivity contribution in [2.24, 2.45) is 0 Å².